The molecule has 152 valence electrons. The van der Waals surface area contributed by atoms with Crippen molar-refractivity contribution in [2.75, 3.05) is 39.9 Å². The van der Waals surface area contributed by atoms with Gasteiger partial charge in [-0.1, -0.05) is 15.9 Å². The van der Waals surface area contributed by atoms with Crippen molar-refractivity contribution in [2.45, 2.75) is 25.7 Å². The number of guanidine groups is 1. The molecule has 1 amide bonds. The van der Waals surface area contributed by atoms with E-state index in [-0.39, 0.29) is 29.9 Å². The third-order valence-corrected chi connectivity index (χ3v) is 4.60. The Bertz CT molecular complexity index is 580. The summed E-state index contributed by atoms with van der Waals surface area (Å²) in [5, 5.41) is 9.44. The second-order valence-electron chi connectivity index (χ2n) is 6.41. The Balaban J connectivity index is 0.00000364. The van der Waals surface area contributed by atoms with E-state index in [1.54, 1.807) is 19.2 Å². The quantitative estimate of drug-likeness (QED) is 0.171. The fraction of sp³-hybridized carbons (Fsp3) is 0.579. The minimum Gasteiger partial charge on any atom is -0.381 e. The average molecular weight is 553 g/mol. The van der Waals surface area contributed by atoms with E-state index < -0.39 is 0 Å². The lowest BCUT2D eigenvalue weighted by Crippen LogP contribution is -2.39. The highest BCUT2D eigenvalue weighted by Crippen LogP contribution is 2.28. The van der Waals surface area contributed by atoms with E-state index in [2.05, 4.69) is 36.9 Å². The zero-order valence-corrected chi connectivity index (χ0v) is 19.7. The lowest BCUT2D eigenvalue weighted by Gasteiger charge is -2.12. The number of benzene rings is 1. The molecule has 27 heavy (non-hydrogen) atoms. The van der Waals surface area contributed by atoms with Crippen LogP contribution in [-0.4, -0.2) is 51.8 Å². The summed E-state index contributed by atoms with van der Waals surface area (Å²) in [6.07, 6.45) is 4.46. The summed E-state index contributed by atoms with van der Waals surface area (Å²) in [5.41, 5.74) is 0.669. The Kier molecular flexibility index (Phi) is 12.7. The second-order valence-corrected chi connectivity index (χ2v) is 7.33. The number of nitrogens with zero attached hydrogens (tertiary/aromatic N) is 1. The highest BCUT2D eigenvalue weighted by atomic mass is 127. The largest absolute Gasteiger partial charge is 0.381 e. The summed E-state index contributed by atoms with van der Waals surface area (Å²) in [6.45, 7) is 3.92. The molecule has 0 bridgehead atoms. The van der Waals surface area contributed by atoms with Gasteiger partial charge in [0, 0.05) is 49.9 Å². The highest BCUT2D eigenvalue weighted by Gasteiger charge is 2.20. The monoisotopic (exact) mass is 552 g/mol. The first-order chi connectivity index (χ1) is 12.7. The summed E-state index contributed by atoms with van der Waals surface area (Å²) in [5.74, 6) is 1.55. The lowest BCUT2D eigenvalue weighted by molar-refractivity contribution is 0.0953. The number of nitrogens with one attached hydrogen (secondary N) is 3. The summed E-state index contributed by atoms with van der Waals surface area (Å²) in [6, 6.07) is 7.34. The number of hydrogen-bond acceptors (Lipinski definition) is 3. The zero-order chi connectivity index (χ0) is 18.6. The van der Waals surface area contributed by atoms with Gasteiger partial charge in [0.2, 0.25) is 0 Å². The van der Waals surface area contributed by atoms with Crippen molar-refractivity contribution < 1.29 is 9.53 Å². The molecule has 1 aliphatic rings. The fourth-order valence-corrected chi connectivity index (χ4v) is 2.60. The van der Waals surface area contributed by atoms with Crippen molar-refractivity contribution in [1.82, 2.24) is 16.0 Å². The van der Waals surface area contributed by atoms with E-state index >= 15 is 0 Å². The third kappa shape index (κ3) is 10.9. The van der Waals surface area contributed by atoms with Crippen molar-refractivity contribution in [2.24, 2.45) is 10.9 Å². The number of carbonyl (C=O) groups excluding carboxylic acids is 1. The molecular formula is C19H30BrIN4O2. The van der Waals surface area contributed by atoms with Crippen molar-refractivity contribution in [3.63, 3.8) is 0 Å². The molecule has 3 N–H and O–H groups in total. The maximum absolute atomic E-state index is 12.0. The van der Waals surface area contributed by atoms with Gasteiger partial charge in [-0.25, -0.2) is 0 Å². The van der Waals surface area contributed by atoms with Crippen LogP contribution in [0.3, 0.4) is 0 Å². The minimum absolute atomic E-state index is 0. The molecule has 0 atom stereocenters. The van der Waals surface area contributed by atoms with Crippen LogP contribution in [0, 0.1) is 5.92 Å². The molecule has 0 unspecified atom stereocenters. The van der Waals surface area contributed by atoms with E-state index in [1.807, 2.05) is 12.1 Å². The van der Waals surface area contributed by atoms with E-state index in [1.165, 1.54) is 12.8 Å². The molecule has 0 heterocycles. The Morgan fingerprint density at radius 2 is 1.74 bits per heavy atom. The molecule has 8 heteroatoms. The maximum atomic E-state index is 12.0. The molecule has 1 saturated carbocycles. The van der Waals surface area contributed by atoms with Crippen LogP contribution in [0.4, 0.5) is 0 Å². The number of halogens is 2. The standard InChI is InChI=1S/C19H29BrN4O2.HI/c1-21-19(24-12-3-13-26-14-15-4-5-15)23-11-2-10-22-18(25)16-6-8-17(20)9-7-16;/h6-9,15H,2-5,10-14H2,1H3,(H,22,25)(H2,21,23,24);1H. The van der Waals surface area contributed by atoms with Crippen molar-refractivity contribution >= 4 is 51.8 Å². The van der Waals surface area contributed by atoms with Gasteiger partial charge in [0.1, 0.15) is 0 Å². The van der Waals surface area contributed by atoms with Gasteiger partial charge >= 0.3 is 0 Å². The van der Waals surface area contributed by atoms with Crippen LogP contribution in [0.5, 0.6) is 0 Å². The highest BCUT2D eigenvalue weighted by molar-refractivity contribution is 14.0. The van der Waals surface area contributed by atoms with Crippen LogP contribution in [0.1, 0.15) is 36.0 Å². The van der Waals surface area contributed by atoms with E-state index in [9.17, 15) is 4.79 Å². The predicted octanol–water partition coefficient (Wildman–Crippen LogP) is 3.17. The van der Waals surface area contributed by atoms with Crippen LogP contribution in [-0.2, 0) is 4.74 Å². The Morgan fingerprint density at radius 1 is 1.11 bits per heavy atom. The van der Waals surface area contributed by atoms with Gasteiger partial charge in [0.05, 0.1) is 0 Å². The molecule has 6 nitrogen and oxygen atoms in total. The van der Waals surface area contributed by atoms with Crippen LogP contribution in [0.2, 0.25) is 0 Å². The predicted molar refractivity (Wildman–Crippen MR) is 124 cm³/mol. The van der Waals surface area contributed by atoms with Crippen LogP contribution >= 0.6 is 39.9 Å². The number of amides is 1. The number of aliphatic imine (C=N–C) groups is 1. The van der Waals surface area contributed by atoms with Crippen LogP contribution in [0.25, 0.3) is 0 Å². The Morgan fingerprint density at radius 3 is 2.37 bits per heavy atom. The van der Waals surface area contributed by atoms with Gasteiger partial charge in [-0.15, -0.1) is 24.0 Å². The van der Waals surface area contributed by atoms with Crippen molar-refractivity contribution in [3.8, 4) is 0 Å². The topological polar surface area (TPSA) is 74.8 Å². The SMILES string of the molecule is CN=C(NCCCNC(=O)c1ccc(Br)cc1)NCCCOCC1CC1.I. The van der Waals surface area contributed by atoms with Gasteiger partial charge in [0.25, 0.3) is 5.91 Å². The Labute approximate surface area is 187 Å². The minimum atomic E-state index is -0.0498. The average Bonchev–Trinajstić information content (AvgIpc) is 3.47. The van der Waals surface area contributed by atoms with Crippen molar-refractivity contribution in [1.29, 1.82) is 0 Å². The van der Waals surface area contributed by atoms with Gasteiger partial charge in [0.15, 0.2) is 5.96 Å². The molecule has 1 fully saturated rings. The van der Waals surface area contributed by atoms with Gasteiger partial charge in [-0.05, 0) is 55.9 Å². The van der Waals surface area contributed by atoms with Crippen molar-refractivity contribution in [3.05, 3.63) is 34.3 Å². The Hall–Kier alpha value is -0.870. The maximum Gasteiger partial charge on any atom is 0.251 e. The molecule has 1 aliphatic carbocycles. The molecule has 0 radical (unpaired) electrons. The summed E-state index contributed by atoms with van der Waals surface area (Å²) >= 11 is 3.36. The summed E-state index contributed by atoms with van der Waals surface area (Å²) in [7, 11) is 1.76. The number of carbonyl (C=O) groups is 1. The fourth-order valence-electron chi connectivity index (χ4n) is 2.34. The van der Waals surface area contributed by atoms with E-state index in [0.717, 1.165) is 55.5 Å². The zero-order valence-electron chi connectivity index (χ0n) is 15.8. The van der Waals surface area contributed by atoms with Gasteiger partial charge in [-0.3, -0.25) is 9.79 Å². The molecule has 1 aromatic rings. The summed E-state index contributed by atoms with van der Waals surface area (Å²) < 4.78 is 6.57. The first-order valence-corrected chi connectivity index (χ1v) is 10.0. The number of rotatable bonds is 11. The number of ether oxygens (including phenoxy) is 1. The van der Waals surface area contributed by atoms with Crippen LogP contribution in [0.15, 0.2) is 33.7 Å². The lowest BCUT2D eigenvalue weighted by atomic mass is 10.2. The van der Waals surface area contributed by atoms with Crippen LogP contribution < -0.4 is 16.0 Å². The van der Waals surface area contributed by atoms with E-state index in [0.29, 0.717) is 12.1 Å². The normalized spacial score (nSPS) is 13.6. The second kappa shape index (κ2) is 14.2. The first-order valence-electron chi connectivity index (χ1n) is 9.25. The van der Waals surface area contributed by atoms with Gasteiger partial charge < -0.3 is 20.7 Å². The van der Waals surface area contributed by atoms with Gasteiger partial charge in [-0.2, -0.15) is 0 Å². The molecule has 0 spiro atoms. The summed E-state index contributed by atoms with van der Waals surface area (Å²) in [4.78, 5) is 16.2. The molecule has 0 aromatic heterocycles. The molecule has 0 aliphatic heterocycles. The molecule has 0 saturated heterocycles. The third-order valence-electron chi connectivity index (χ3n) is 4.07. The number of hydrogen-bond donors (Lipinski definition) is 3. The van der Waals surface area contributed by atoms with E-state index in [4.69, 9.17) is 4.74 Å². The smallest absolute Gasteiger partial charge is 0.251 e. The molecule has 2 rings (SSSR count). The molecular weight excluding hydrogens is 523 g/mol. The molecule has 1 aromatic carbocycles. The first kappa shape index (κ1) is 24.2.